The van der Waals surface area contributed by atoms with E-state index in [1.807, 2.05) is 19.1 Å². The summed E-state index contributed by atoms with van der Waals surface area (Å²) in [5.74, 6) is 1.94. The molecule has 0 amide bonds. The molecule has 0 aliphatic heterocycles. The van der Waals surface area contributed by atoms with Gasteiger partial charge in [0.05, 0.1) is 10.8 Å². The smallest absolute Gasteiger partial charge is 0.237 e. The SMILES string of the molecule is CCc1noc(CSc2ccc(N)cc2Cl)n1. The van der Waals surface area contributed by atoms with Crippen molar-refractivity contribution in [3.05, 3.63) is 34.9 Å². The number of thioether (sulfide) groups is 1. The van der Waals surface area contributed by atoms with Crippen LogP contribution in [0.4, 0.5) is 5.69 Å². The predicted octanol–water partition coefficient (Wildman–Crippen LogP) is 3.16. The van der Waals surface area contributed by atoms with E-state index in [1.54, 1.807) is 17.8 Å². The van der Waals surface area contributed by atoms with Crippen LogP contribution < -0.4 is 5.73 Å². The van der Waals surface area contributed by atoms with E-state index in [9.17, 15) is 0 Å². The van der Waals surface area contributed by atoms with Crippen molar-refractivity contribution >= 4 is 29.1 Å². The van der Waals surface area contributed by atoms with E-state index in [0.717, 1.165) is 17.1 Å². The minimum atomic E-state index is 0.608. The van der Waals surface area contributed by atoms with Crippen molar-refractivity contribution in [2.75, 3.05) is 5.73 Å². The minimum absolute atomic E-state index is 0.608. The molecular formula is C11H12ClN3OS. The normalized spacial score (nSPS) is 10.7. The van der Waals surface area contributed by atoms with Gasteiger partial charge in [0.1, 0.15) is 0 Å². The molecule has 0 atom stereocenters. The monoisotopic (exact) mass is 269 g/mol. The zero-order chi connectivity index (χ0) is 12.3. The Hall–Kier alpha value is -1.20. The summed E-state index contributed by atoms with van der Waals surface area (Å²) in [6.45, 7) is 1.98. The van der Waals surface area contributed by atoms with Crippen molar-refractivity contribution in [2.45, 2.75) is 24.0 Å². The fourth-order valence-electron chi connectivity index (χ4n) is 1.27. The molecule has 1 heterocycles. The number of rotatable bonds is 4. The fraction of sp³-hybridized carbons (Fsp3) is 0.273. The van der Waals surface area contributed by atoms with E-state index in [4.69, 9.17) is 21.9 Å². The number of hydrogen-bond donors (Lipinski definition) is 1. The highest BCUT2D eigenvalue weighted by atomic mass is 35.5. The topological polar surface area (TPSA) is 64.9 Å². The maximum absolute atomic E-state index is 6.06. The van der Waals surface area contributed by atoms with Crippen LogP contribution in [0.1, 0.15) is 18.6 Å². The number of halogens is 1. The Morgan fingerprint density at radius 2 is 2.29 bits per heavy atom. The van der Waals surface area contributed by atoms with Crippen molar-refractivity contribution in [1.29, 1.82) is 0 Å². The summed E-state index contributed by atoms with van der Waals surface area (Å²) in [7, 11) is 0. The van der Waals surface area contributed by atoms with Crippen LogP contribution in [0, 0.1) is 0 Å². The van der Waals surface area contributed by atoms with Gasteiger partial charge in [-0.1, -0.05) is 23.7 Å². The first-order valence-electron chi connectivity index (χ1n) is 5.18. The second-order valence-corrected chi connectivity index (χ2v) is 4.86. The summed E-state index contributed by atoms with van der Waals surface area (Å²) in [5, 5.41) is 4.47. The molecule has 4 nitrogen and oxygen atoms in total. The molecule has 0 saturated heterocycles. The third kappa shape index (κ3) is 3.14. The van der Waals surface area contributed by atoms with E-state index in [0.29, 0.717) is 22.4 Å². The van der Waals surface area contributed by atoms with Crippen molar-refractivity contribution in [1.82, 2.24) is 10.1 Å². The second kappa shape index (κ2) is 5.42. The summed E-state index contributed by atoms with van der Waals surface area (Å²) in [6, 6.07) is 5.44. The molecule has 0 aliphatic rings. The third-order valence-corrected chi connectivity index (χ3v) is 3.62. The van der Waals surface area contributed by atoms with Gasteiger partial charge in [-0.05, 0) is 18.2 Å². The average molecular weight is 270 g/mol. The quantitative estimate of drug-likeness (QED) is 0.682. The third-order valence-electron chi connectivity index (χ3n) is 2.13. The summed E-state index contributed by atoms with van der Waals surface area (Å²) < 4.78 is 5.09. The van der Waals surface area contributed by atoms with Crippen molar-refractivity contribution < 1.29 is 4.52 Å². The van der Waals surface area contributed by atoms with E-state index >= 15 is 0 Å². The van der Waals surface area contributed by atoms with Gasteiger partial charge in [0.15, 0.2) is 5.82 Å². The molecule has 0 fully saturated rings. The first-order valence-corrected chi connectivity index (χ1v) is 6.54. The van der Waals surface area contributed by atoms with Gasteiger partial charge in [-0.3, -0.25) is 0 Å². The van der Waals surface area contributed by atoms with Gasteiger partial charge in [-0.25, -0.2) is 0 Å². The molecule has 0 bridgehead atoms. The van der Waals surface area contributed by atoms with E-state index in [2.05, 4.69) is 10.1 Å². The first-order chi connectivity index (χ1) is 8.19. The molecule has 0 saturated carbocycles. The minimum Gasteiger partial charge on any atom is -0.399 e. The Morgan fingerprint density at radius 3 is 2.94 bits per heavy atom. The van der Waals surface area contributed by atoms with Gasteiger partial charge in [0.2, 0.25) is 5.89 Å². The number of anilines is 1. The molecule has 0 aliphatic carbocycles. The lowest BCUT2D eigenvalue weighted by Gasteiger charge is -2.02. The van der Waals surface area contributed by atoms with E-state index in [-0.39, 0.29) is 0 Å². The zero-order valence-corrected chi connectivity index (χ0v) is 10.9. The lowest BCUT2D eigenvalue weighted by molar-refractivity contribution is 0.385. The van der Waals surface area contributed by atoms with Crippen molar-refractivity contribution in [3.8, 4) is 0 Å². The predicted molar refractivity (Wildman–Crippen MR) is 69.1 cm³/mol. The lowest BCUT2D eigenvalue weighted by Crippen LogP contribution is -1.86. The Labute approximate surface area is 109 Å². The zero-order valence-electron chi connectivity index (χ0n) is 9.31. The largest absolute Gasteiger partial charge is 0.399 e. The number of aryl methyl sites for hydroxylation is 1. The molecule has 2 aromatic rings. The highest BCUT2D eigenvalue weighted by molar-refractivity contribution is 7.98. The number of hydrogen-bond acceptors (Lipinski definition) is 5. The van der Waals surface area contributed by atoms with Gasteiger partial charge in [0, 0.05) is 17.0 Å². The Kier molecular flexibility index (Phi) is 3.91. The van der Waals surface area contributed by atoms with Gasteiger partial charge in [-0.2, -0.15) is 4.98 Å². The van der Waals surface area contributed by atoms with Gasteiger partial charge >= 0.3 is 0 Å². The number of nitrogens with two attached hydrogens (primary N) is 1. The van der Waals surface area contributed by atoms with Crippen LogP contribution in [0.3, 0.4) is 0 Å². The Morgan fingerprint density at radius 1 is 1.47 bits per heavy atom. The van der Waals surface area contributed by atoms with Gasteiger partial charge < -0.3 is 10.3 Å². The molecule has 90 valence electrons. The molecule has 0 spiro atoms. The van der Waals surface area contributed by atoms with Crippen LogP contribution in [-0.4, -0.2) is 10.1 Å². The first kappa shape index (κ1) is 12.3. The lowest BCUT2D eigenvalue weighted by atomic mass is 10.3. The van der Waals surface area contributed by atoms with Crippen LogP contribution in [0.15, 0.2) is 27.6 Å². The number of nitrogen functional groups attached to an aromatic ring is 1. The summed E-state index contributed by atoms with van der Waals surface area (Å²) >= 11 is 7.61. The van der Waals surface area contributed by atoms with Crippen molar-refractivity contribution in [2.24, 2.45) is 0 Å². The highest BCUT2D eigenvalue weighted by Crippen LogP contribution is 2.30. The highest BCUT2D eigenvalue weighted by Gasteiger charge is 2.07. The summed E-state index contributed by atoms with van der Waals surface area (Å²) in [4.78, 5) is 5.18. The van der Waals surface area contributed by atoms with Crippen LogP contribution in [0.25, 0.3) is 0 Å². The fourth-order valence-corrected chi connectivity index (χ4v) is 2.38. The van der Waals surface area contributed by atoms with Crippen LogP contribution in [0.2, 0.25) is 5.02 Å². The molecular weight excluding hydrogens is 258 g/mol. The van der Waals surface area contributed by atoms with Crippen molar-refractivity contribution in [3.63, 3.8) is 0 Å². The Bertz CT molecular complexity index is 515. The van der Waals surface area contributed by atoms with E-state index in [1.165, 1.54) is 0 Å². The van der Waals surface area contributed by atoms with Gasteiger partial charge in [0.25, 0.3) is 0 Å². The molecule has 0 unspecified atom stereocenters. The average Bonchev–Trinajstić information content (AvgIpc) is 2.76. The number of aromatic nitrogens is 2. The van der Waals surface area contributed by atoms with Crippen LogP contribution >= 0.6 is 23.4 Å². The summed E-state index contributed by atoms with van der Waals surface area (Å²) in [6.07, 6.45) is 0.775. The number of nitrogens with zero attached hydrogens (tertiary/aromatic N) is 2. The molecule has 6 heteroatoms. The Balaban J connectivity index is 2.02. The van der Waals surface area contributed by atoms with Gasteiger partial charge in [-0.15, -0.1) is 11.8 Å². The molecule has 2 N–H and O–H groups in total. The second-order valence-electron chi connectivity index (χ2n) is 3.44. The summed E-state index contributed by atoms with van der Waals surface area (Å²) in [5.41, 5.74) is 6.28. The molecule has 0 radical (unpaired) electrons. The molecule has 1 aromatic heterocycles. The molecule has 2 rings (SSSR count). The standard InChI is InChI=1S/C11H12ClN3OS/c1-2-10-14-11(16-15-10)6-17-9-4-3-7(13)5-8(9)12/h3-5H,2,6,13H2,1H3. The maximum atomic E-state index is 6.06. The molecule has 1 aromatic carbocycles. The number of benzene rings is 1. The van der Waals surface area contributed by atoms with E-state index < -0.39 is 0 Å². The van der Waals surface area contributed by atoms with Crippen LogP contribution in [0.5, 0.6) is 0 Å². The van der Waals surface area contributed by atoms with Crippen LogP contribution in [-0.2, 0) is 12.2 Å². The maximum Gasteiger partial charge on any atom is 0.237 e. The molecule has 17 heavy (non-hydrogen) atoms.